The number of nitrogens with two attached hydrogens (primary N) is 2. The lowest BCUT2D eigenvalue weighted by molar-refractivity contribution is 1.18. The average Bonchev–Trinajstić information content (AvgIpc) is 3.59. The molecule has 2 aliphatic rings. The molecule has 4 aromatic rings. The summed E-state index contributed by atoms with van der Waals surface area (Å²) in [4.78, 5) is 30.1. The Morgan fingerprint density at radius 2 is 1.08 bits per heavy atom. The summed E-state index contributed by atoms with van der Waals surface area (Å²) in [6.45, 7) is 0. The fourth-order valence-electron chi connectivity index (χ4n) is 4.06. The Bertz CT molecular complexity index is 1620. The van der Waals surface area contributed by atoms with Gasteiger partial charge in [-0.05, 0) is 12.1 Å². The van der Waals surface area contributed by atoms with Crippen LogP contribution in [0.3, 0.4) is 0 Å². The highest BCUT2D eigenvalue weighted by molar-refractivity contribution is 7.80. The van der Waals surface area contributed by atoms with Gasteiger partial charge in [-0.15, -0.1) is 25.3 Å². The Morgan fingerprint density at radius 1 is 0.632 bits per heavy atom. The maximum Gasteiger partial charge on any atom is 0.208 e. The van der Waals surface area contributed by atoms with Crippen molar-refractivity contribution in [1.29, 1.82) is 0 Å². The van der Waals surface area contributed by atoms with E-state index in [1.807, 2.05) is 48.5 Å². The molecule has 11 nitrogen and oxygen atoms in total. The van der Waals surface area contributed by atoms with Crippen LogP contribution in [0.4, 0.5) is 35.2 Å². The number of fused-ring (bicyclic) bond motifs is 1. The zero-order valence-corrected chi connectivity index (χ0v) is 21.4. The second-order valence-corrected chi connectivity index (χ2v) is 9.25. The largest absolute Gasteiger partial charge is 0.383 e. The van der Waals surface area contributed by atoms with Gasteiger partial charge < -0.3 is 32.1 Å². The highest BCUT2D eigenvalue weighted by Gasteiger charge is 2.19. The van der Waals surface area contributed by atoms with Gasteiger partial charge in [0.15, 0.2) is 0 Å². The molecule has 2 aromatic heterocycles. The van der Waals surface area contributed by atoms with E-state index in [1.54, 1.807) is 12.4 Å². The third-order valence-electron chi connectivity index (χ3n) is 5.84. The molecule has 0 unspecified atom stereocenters. The number of thiol groups is 2. The molecule has 13 heteroatoms. The van der Waals surface area contributed by atoms with E-state index in [4.69, 9.17) is 11.5 Å². The molecule has 0 spiro atoms. The summed E-state index contributed by atoms with van der Waals surface area (Å²) in [5.74, 6) is 2.61. The highest BCUT2D eigenvalue weighted by atomic mass is 32.1. The lowest BCUT2D eigenvalue weighted by Crippen LogP contribution is -1.97. The molecular weight excluding hydrogens is 518 g/mol. The Labute approximate surface area is 227 Å². The number of nitrogens with zero attached hydrogens (tertiary/aromatic N) is 5. The van der Waals surface area contributed by atoms with Crippen LogP contribution >= 0.6 is 25.3 Å². The maximum atomic E-state index is 6.22. The van der Waals surface area contributed by atoms with E-state index in [2.05, 4.69) is 70.8 Å². The fourth-order valence-corrected chi connectivity index (χ4v) is 4.59. The number of nitrogens with one attached hydrogen (secondary N) is 4. The molecule has 4 heterocycles. The van der Waals surface area contributed by atoms with Crippen LogP contribution in [0.25, 0.3) is 33.6 Å². The monoisotopic (exact) mass is 539 g/mol. The summed E-state index contributed by atoms with van der Waals surface area (Å²) in [6, 6.07) is 15.2. The van der Waals surface area contributed by atoms with Crippen molar-refractivity contribution < 1.29 is 0 Å². The molecule has 6 rings (SSSR count). The van der Waals surface area contributed by atoms with Crippen LogP contribution in [-0.4, -0.2) is 34.9 Å². The number of imidazole rings is 2. The van der Waals surface area contributed by atoms with Gasteiger partial charge >= 0.3 is 0 Å². The van der Waals surface area contributed by atoms with Gasteiger partial charge in [-0.1, -0.05) is 36.4 Å². The van der Waals surface area contributed by atoms with Gasteiger partial charge in [0, 0.05) is 44.4 Å². The Balaban J connectivity index is 1.29. The van der Waals surface area contributed by atoms with Crippen LogP contribution in [0.1, 0.15) is 0 Å². The van der Waals surface area contributed by atoms with Gasteiger partial charge in [0.2, 0.25) is 11.9 Å². The van der Waals surface area contributed by atoms with Crippen molar-refractivity contribution in [2.75, 3.05) is 22.1 Å². The van der Waals surface area contributed by atoms with Gasteiger partial charge in [-0.25, -0.2) is 19.9 Å². The summed E-state index contributed by atoms with van der Waals surface area (Å²) in [7, 11) is 0. The molecule has 0 saturated heterocycles. The Kier molecular flexibility index (Phi) is 5.98. The molecule has 38 heavy (non-hydrogen) atoms. The zero-order valence-electron chi connectivity index (χ0n) is 19.6. The molecule has 0 bridgehead atoms. The van der Waals surface area contributed by atoms with Crippen molar-refractivity contribution in [2.24, 2.45) is 0 Å². The first kappa shape index (κ1) is 23.6. The summed E-state index contributed by atoms with van der Waals surface area (Å²) in [5, 5.41) is 6.39. The van der Waals surface area contributed by atoms with Crippen LogP contribution in [0.15, 0.2) is 77.0 Å². The van der Waals surface area contributed by atoms with Crippen molar-refractivity contribution in [2.45, 2.75) is 9.79 Å². The van der Waals surface area contributed by atoms with Crippen LogP contribution in [0.5, 0.6) is 0 Å². The van der Waals surface area contributed by atoms with E-state index in [-0.39, 0.29) is 0 Å². The molecular formula is C25H21N11S2. The smallest absolute Gasteiger partial charge is 0.208 e. The first-order chi connectivity index (χ1) is 18.5. The zero-order chi connectivity index (χ0) is 26.2. The van der Waals surface area contributed by atoms with Crippen molar-refractivity contribution in [3.05, 3.63) is 67.3 Å². The average molecular weight is 540 g/mol. The van der Waals surface area contributed by atoms with Crippen molar-refractivity contribution >= 4 is 60.4 Å². The third kappa shape index (κ3) is 4.33. The summed E-state index contributed by atoms with van der Waals surface area (Å²) >= 11 is 9.03. The Morgan fingerprint density at radius 3 is 1.53 bits per heavy atom. The van der Waals surface area contributed by atoms with E-state index >= 15 is 0 Å². The Hall–Kier alpha value is -4.75. The number of hydrogen-bond donors (Lipinski definition) is 8. The minimum Gasteiger partial charge on any atom is -0.383 e. The van der Waals surface area contributed by atoms with Gasteiger partial charge in [-0.3, -0.25) is 4.98 Å². The molecule has 188 valence electrons. The SMILES string of the molecule is Nc1[nH]c(Nc2ncnc(Nc3nc(-c4ccccc4S)c(N)[nH]3)c3cncc2-3)nc1-c1ccccc1S. The van der Waals surface area contributed by atoms with Gasteiger partial charge in [-0.2, -0.15) is 0 Å². The van der Waals surface area contributed by atoms with Crippen LogP contribution in [0, 0.1) is 0 Å². The minimum atomic E-state index is 0.403. The topological polar surface area (TPSA) is 172 Å². The molecule has 0 atom stereocenters. The highest BCUT2D eigenvalue weighted by Crippen LogP contribution is 2.36. The van der Waals surface area contributed by atoms with E-state index in [0.717, 1.165) is 20.9 Å². The molecule has 0 radical (unpaired) electrons. The first-order valence-corrected chi connectivity index (χ1v) is 12.3. The predicted molar refractivity (Wildman–Crippen MR) is 154 cm³/mol. The predicted octanol–water partition coefficient (Wildman–Crippen LogP) is 4.99. The normalized spacial score (nSPS) is 11.1. The summed E-state index contributed by atoms with van der Waals surface area (Å²) < 4.78 is 0. The van der Waals surface area contributed by atoms with Crippen molar-refractivity contribution in [1.82, 2.24) is 34.9 Å². The van der Waals surface area contributed by atoms with Gasteiger partial charge in [0.05, 0.1) is 0 Å². The number of anilines is 6. The molecule has 0 saturated carbocycles. The molecule has 0 fully saturated rings. The molecule has 2 aliphatic heterocycles. The molecule has 0 amide bonds. The van der Waals surface area contributed by atoms with Gasteiger partial charge in [0.1, 0.15) is 41.0 Å². The van der Waals surface area contributed by atoms with Crippen molar-refractivity contribution in [3.63, 3.8) is 0 Å². The number of rotatable bonds is 6. The quantitative estimate of drug-likeness (QED) is 0.136. The summed E-state index contributed by atoms with van der Waals surface area (Å²) in [6.07, 6.45) is 4.80. The first-order valence-electron chi connectivity index (χ1n) is 11.4. The summed E-state index contributed by atoms with van der Waals surface area (Å²) in [5.41, 5.74) is 16.6. The second-order valence-electron chi connectivity index (χ2n) is 8.29. The number of benzene rings is 2. The van der Waals surface area contributed by atoms with Crippen LogP contribution in [0.2, 0.25) is 0 Å². The van der Waals surface area contributed by atoms with Crippen LogP contribution in [-0.2, 0) is 0 Å². The fraction of sp³-hybridized carbons (Fsp3) is 0. The van der Waals surface area contributed by atoms with E-state index in [0.29, 0.717) is 57.7 Å². The van der Waals surface area contributed by atoms with E-state index < -0.39 is 0 Å². The number of aromatic nitrogens is 7. The number of hydrogen-bond acceptors (Lipinski definition) is 11. The van der Waals surface area contributed by atoms with E-state index in [1.165, 1.54) is 6.33 Å². The minimum absolute atomic E-state index is 0.403. The van der Waals surface area contributed by atoms with Crippen LogP contribution < -0.4 is 22.1 Å². The number of aromatic amines is 2. The lowest BCUT2D eigenvalue weighted by Gasteiger charge is -2.06. The molecule has 2 aromatic carbocycles. The number of nitrogen functional groups attached to an aromatic ring is 2. The second kappa shape index (κ2) is 9.61. The standard InChI is InChI=1S/C25H21N11S2/c26-20-18(12-5-1-3-7-16(12)37)31-24(33-20)35-22-14-9-28-10-15(14)23(30-11-29-22)36-25-32-19(21(27)34-25)13-6-2-4-8-17(13)38/h1-11,37-38H,26-27H2,(H4,29,30,31,32,33,34,35,36). The van der Waals surface area contributed by atoms with E-state index in [9.17, 15) is 0 Å². The van der Waals surface area contributed by atoms with Crippen molar-refractivity contribution in [3.8, 4) is 33.6 Å². The van der Waals surface area contributed by atoms with Gasteiger partial charge in [0.25, 0.3) is 0 Å². The number of H-pyrrole nitrogens is 2. The lowest BCUT2D eigenvalue weighted by atomic mass is 10.1. The molecule has 0 aliphatic carbocycles. The third-order valence-corrected chi connectivity index (χ3v) is 6.62. The maximum absolute atomic E-state index is 6.22. The molecule has 8 N–H and O–H groups in total.